The number of nitrogens with one attached hydrogen (secondary N) is 1. The fourth-order valence-electron chi connectivity index (χ4n) is 1.81. The first-order valence-corrected chi connectivity index (χ1v) is 6.95. The Morgan fingerprint density at radius 2 is 1.94 bits per heavy atom. The van der Waals surface area contributed by atoms with Gasteiger partial charge in [-0.05, 0) is 49.6 Å². The van der Waals surface area contributed by atoms with E-state index in [1.54, 1.807) is 0 Å². The van der Waals surface area contributed by atoms with Crippen molar-refractivity contribution in [3.05, 3.63) is 58.7 Å². The number of nitrogens with zero attached hydrogens (tertiary/aromatic N) is 1. The zero-order chi connectivity index (χ0) is 12.8. The molecule has 0 aliphatic carbocycles. The molecule has 1 aromatic carbocycles. The highest BCUT2D eigenvalue weighted by molar-refractivity contribution is 9.10. The first-order valence-electron chi connectivity index (χ1n) is 6.16. The molecule has 0 saturated carbocycles. The van der Waals surface area contributed by atoms with Gasteiger partial charge in [-0.3, -0.25) is 0 Å². The summed E-state index contributed by atoms with van der Waals surface area (Å²) in [5, 5.41) is 3.40. The van der Waals surface area contributed by atoms with Gasteiger partial charge >= 0.3 is 0 Å². The van der Waals surface area contributed by atoms with E-state index in [0.29, 0.717) is 6.04 Å². The molecule has 0 aliphatic heterocycles. The van der Waals surface area contributed by atoms with Crippen LogP contribution in [0.4, 0.5) is 5.82 Å². The van der Waals surface area contributed by atoms with Gasteiger partial charge in [-0.15, -0.1) is 0 Å². The lowest BCUT2D eigenvalue weighted by atomic mass is 10.1. The van der Waals surface area contributed by atoms with Crippen LogP contribution in [0.2, 0.25) is 0 Å². The third-order valence-corrected chi connectivity index (χ3v) is 3.37. The predicted octanol–water partition coefficient (Wildman–Crippen LogP) is 4.28. The van der Waals surface area contributed by atoms with Crippen LogP contribution < -0.4 is 5.32 Å². The summed E-state index contributed by atoms with van der Waals surface area (Å²) in [5.41, 5.74) is 1.37. The summed E-state index contributed by atoms with van der Waals surface area (Å²) in [4.78, 5) is 4.27. The van der Waals surface area contributed by atoms with Crippen LogP contribution in [-0.2, 0) is 6.42 Å². The molecule has 1 unspecified atom stereocenters. The lowest BCUT2D eigenvalue weighted by Gasteiger charge is -2.14. The smallest absolute Gasteiger partial charge is 0.126 e. The van der Waals surface area contributed by atoms with E-state index in [9.17, 15) is 0 Å². The topological polar surface area (TPSA) is 24.9 Å². The van der Waals surface area contributed by atoms with Crippen molar-refractivity contribution in [2.24, 2.45) is 0 Å². The Bertz CT molecular complexity index is 468. The van der Waals surface area contributed by atoms with Crippen LogP contribution in [0.1, 0.15) is 18.9 Å². The second-order valence-corrected chi connectivity index (χ2v) is 5.34. The molecule has 0 amide bonds. The van der Waals surface area contributed by atoms with Crippen molar-refractivity contribution in [2.75, 3.05) is 5.32 Å². The molecule has 1 N–H and O–H groups in total. The summed E-state index contributed by atoms with van der Waals surface area (Å²) in [6, 6.07) is 14.8. The van der Waals surface area contributed by atoms with E-state index in [4.69, 9.17) is 0 Å². The van der Waals surface area contributed by atoms with Gasteiger partial charge in [0.05, 0.1) is 0 Å². The highest BCUT2D eigenvalue weighted by Crippen LogP contribution is 2.13. The lowest BCUT2D eigenvalue weighted by molar-refractivity contribution is 0.703. The molecule has 1 aromatic heterocycles. The number of pyridine rings is 1. The maximum absolute atomic E-state index is 4.27. The number of hydrogen-bond donors (Lipinski definition) is 1. The van der Waals surface area contributed by atoms with Crippen molar-refractivity contribution in [1.82, 2.24) is 4.98 Å². The molecule has 2 rings (SSSR count). The Morgan fingerprint density at radius 3 is 2.61 bits per heavy atom. The Kier molecular flexibility index (Phi) is 4.76. The summed E-state index contributed by atoms with van der Waals surface area (Å²) >= 11 is 3.45. The summed E-state index contributed by atoms with van der Waals surface area (Å²) in [5.74, 6) is 0.945. The van der Waals surface area contributed by atoms with E-state index < -0.39 is 0 Å². The summed E-state index contributed by atoms with van der Waals surface area (Å²) in [7, 11) is 0. The van der Waals surface area contributed by atoms with Crippen molar-refractivity contribution in [3.8, 4) is 0 Å². The van der Waals surface area contributed by atoms with Crippen LogP contribution in [0, 0.1) is 0 Å². The molecule has 1 heterocycles. The number of halogens is 1. The predicted molar refractivity (Wildman–Crippen MR) is 79.8 cm³/mol. The van der Waals surface area contributed by atoms with E-state index in [2.05, 4.69) is 57.4 Å². The van der Waals surface area contributed by atoms with E-state index in [1.807, 2.05) is 24.4 Å². The van der Waals surface area contributed by atoms with Gasteiger partial charge in [-0.2, -0.15) is 0 Å². The second kappa shape index (κ2) is 6.55. The second-order valence-electron chi connectivity index (χ2n) is 4.43. The van der Waals surface area contributed by atoms with E-state index >= 15 is 0 Å². The van der Waals surface area contributed by atoms with Gasteiger partial charge in [-0.1, -0.05) is 34.1 Å². The minimum Gasteiger partial charge on any atom is -0.368 e. The highest BCUT2D eigenvalue weighted by atomic mass is 79.9. The van der Waals surface area contributed by atoms with Gasteiger partial charge in [0.2, 0.25) is 0 Å². The number of aryl methyl sites for hydroxylation is 1. The number of aromatic nitrogens is 1. The zero-order valence-electron chi connectivity index (χ0n) is 10.4. The van der Waals surface area contributed by atoms with Crippen molar-refractivity contribution in [2.45, 2.75) is 25.8 Å². The van der Waals surface area contributed by atoms with E-state index in [0.717, 1.165) is 23.1 Å². The first kappa shape index (κ1) is 13.1. The van der Waals surface area contributed by atoms with E-state index in [-0.39, 0.29) is 0 Å². The third-order valence-electron chi connectivity index (χ3n) is 2.84. The van der Waals surface area contributed by atoms with Crippen molar-refractivity contribution < 1.29 is 0 Å². The molecule has 2 nitrogen and oxygen atoms in total. The van der Waals surface area contributed by atoms with E-state index in [1.165, 1.54) is 5.56 Å². The highest BCUT2D eigenvalue weighted by Gasteiger charge is 2.03. The summed E-state index contributed by atoms with van der Waals surface area (Å²) < 4.78 is 1.13. The fraction of sp³-hybridized carbons (Fsp3) is 0.267. The Labute approximate surface area is 117 Å². The average Bonchev–Trinajstić information content (AvgIpc) is 2.39. The summed E-state index contributed by atoms with van der Waals surface area (Å²) in [6.45, 7) is 2.19. The Balaban J connectivity index is 1.81. The lowest BCUT2D eigenvalue weighted by Crippen LogP contribution is -2.16. The van der Waals surface area contributed by atoms with Gasteiger partial charge in [0.15, 0.2) is 0 Å². The maximum Gasteiger partial charge on any atom is 0.126 e. The van der Waals surface area contributed by atoms with Gasteiger partial charge in [-0.25, -0.2) is 4.98 Å². The standard InChI is InChI=1S/C15H17BrN2/c1-12(18-15-4-2-3-11-17-15)5-6-13-7-9-14(16)10-8-13/h2-4,7-12H,5-6H2,1H3,(H,17,18). The minimum atomic E-state index is 0.420. The van der Waals surface area contributed by atoms with Crippen molar-refractivity contribution >= 4 is 21.7 Å². The quantitative estimate of drug-likeness (QED) is 0.892. The molecular formula is C15H17BrN2. The largest absolute Gasteiger partial charge is 0.368 e. The normalized spacial score (nSPS) is 12.1. The molecule has 3 heteroatoms. The molecule has 1 atom stereocenters. The molecule has 94 valence electrons. The zero-order valence-corrected chi connectivity index (χ0v) is 12.0. The number of hydrogen-bond acceptors (Lipinski definition) is 2. The molecule has 0 spiro atoms. The summed E-state index contributed by atoms with van der Waals surface area (Å²) in [6.07, 6.45) is 3.98. The number of rotatable bonds is 5. The van der Waals surface area contributed by atoms with Crippen LogP contribution >= 0.6 is 15.9 Å². The van der Waals surface area contributed by atoms with Crippen molar-refractivity contribution in [3.63, 3.8) is 0 Å². The molecule has 0 radical (unpaired) electrons. The molecular weight excluding hydrogens is 288 g/mol. The molecule has 18 heavy (non-hydrogen) atoms. The maximum atomic E-state index is 4.27. The molecule has 0 aliphatic rings. The van der Waals surface area contributed by atoms with Crippen LogP contribution in [0.15, 0.2) is 53.1 Å². The SMILES string of the molecule is CC(CCc1ccc(Br)cc1)Nc1ccccn1. The van der Waals surface area contributed by atoms with Gasteiger partial charge in [0.1, 0.15) is 5.82 Å². The molecule has 0 bridgehead atoms. The molecule has 2 aromatic rings. The van der Waals surface area contributed by atoms with Gasteiger partial charge in [0.25, 0.3) is 0 Å². The van der Waals surface area contributed by atoms with Crippen LogP contribution in [0.5, 0.6) is 0 Å². The monoisotopic (exact) mass is 304 g/mol. The molecule has 0 fully saturated rings. The minimum absolute atomic E-state index is 0.420. The van der Waals surface area contributed by atoms with Gasteiger partial charge in [0, 0.05) is 16.7 Å². The number of benzene rings is 1. The molecule has 0 saturated heterocycles. The Morgan fingerprint density at radius 1 is 1.17 bits per heavy atom. The Hall–Kier alpha value is -1.35. The third kappa shape index (κ3) is 4.15. The van der Waals surface area contributed by atoms with Crippen LogP contribution in [-0.4, -0.2) is 11.0 Å². The fourth-order valence-corrected chi connectivity index (χ4v) is 2.07. The van der Waals surface area contributed by atoms with Crippen LogP contribution in [0.25, 0.3) is 0 Å². The number of anilines is 1. The first-order chi connectivity index (χ1) is 8.74. The average molecular weight is 305 g/mol. The van der Waals surface area contributed by atoms with Gasteiger partial charge < -0.3 is 5.32 Å². The van der Waals surface area contributed by atoms with Crippen molar-refractivity contribution in [1.29, 1.82) is 0 Å². The van der Waals surface area contributed by atoms with Crippen LogP contribution in [0.3, 0.4) is 0 Å².